The van der Waals surface area contributed by atoms with Crippen molar-refractivity contribution in [2.24, 2.45) is 0 Å². The number of thioether (sulfide) groups is 1. The molecule has 0 spiro atoms. The van der Waals surface area contributed by atoms with E-state index in [1.807, 2.05) is 30.5 Å². The zero-order valence-electron chi connectivity index (χ0n) is 25.1. The van der Waals surface area contributed by atoms with E-state index in [1.165, 1.54) is 46.8 Å². The van der Waals surface area contributed by atoms with Gasteiger partial charge in [0.2, 0.25) is 6.33 Å². The SMILES string of the molecule is CC(=O)Oc1c(C)cc(C[n+]2cnn(C[C@](O)(c3ccc(F)cc3F)C(C)(C)Sc3ccc(-n4cncn4)nn3)c2)cc1C.[Br-]. The standard InChI is InChI=1S/C30H31F2N8O3S.BrH/c1-19-10-22(11-20(2)28(19)43-21(3)41)13-38-17-35-39(18-38)14-30(42,24-7-6-23(31)12-25(24)32)29(4,5)44-27-9-8-26(36-37-27)40-16-33-15-34-40;/h6-12,15-18,42H,13-14H2,1-5H3;1H/q+1;/p-1/t30-;/m0./s1. The number of aryl methyl sites for hydroxylation is 2. The first kappa shape index (κ1) is 33.8. The second-order valence-electron chi connectivity index (χ2n) is 10.9. The summed E-state index contributed by atoms with van der Waals surface area (Å²) < 4.78 is 38.2. The second kappa shape index (κ2) is 13.5. The zero-order valence-corrected chi connectivity index (χ0v) is 27.6. The van der Waals surface area contributed by atoms with E-state index in [-0.39, 0.29) is 35.1 Å². The maximum Gasteiger partial charge on any atom is 0.308 e. The van der Waals surface area contributed by atoms with Crippen LogP contribution in [0.25, 0.3) is 5.82 Å². The van der Waals surface area contributed by atoms with Crippen LogP contribution in [0.3, 0.4) is 0 Å². The number of aromatic nitrogens is 8. The van der Waals surface area contributed by atoms with Crippen LogP contribution in [0.1, 0.15) is 43.0 Å². The Morgan fingerprint density at radius 2 is 1.80 bits per heavy atom. The summed E-state index contributed by atoms with van der Waals surface area (Å²) in [6, 6.07) is 10.4. The number of benzene rings is 2. The van der Waals surface area contributed by atoms with Crippen LogP contribution in [0.15, 0.2) is 72.8 Å². The molecule has 3 heterocycles. The molecule has 5 rings (SSSR count). The lowest BCUT2D eigenvalue weighted by Crippen LogP contribution is -3.00. The first-order chi connectivity index (χ1) is 20.8. The van der Waals surface area contributed by atoms with Gasteiger partial charge < -0.3 is 26.8 Å². The maximum absolute atomic E-state index is 15.3. The molecule has 0 saturated carbocycles. The topological polar surface area (TPSA) is 125 Å². The number of hydrogen-bond donors (Lipinski definition) is 1. The third-order valence-electron chi connectivity index (χ3n) is 7.16. The molecule has 2 aromatic carbocycles. The van der Waals surface area contributed by atoms with Gasteiger partial charge in [-0.15, -0.1) is 14.9 Å². The highest BCUT2D eigenvalue weighted by Gasteiger charge is 2.50. The summed E-state index contributed by atoms with van der Waals surface area (Å²) in [6.07, 6.45) is 6.17. The largest absolute Gasteiger partial charge is 1.00 e. The number of carbonyl (C=O) groups is 1. The fourth-order valence-corrected chi connectivity index (χ4v) is 6.08. The van der Waals surface area contributed by atoms with Gasteiger partial charge in [-0.25, -0.2) is 23.0 Å². The minimum Gasteiger partial charge on any atom is -1.00 e. The Hall–Kier alpha value is -4.08. The Bertz CT molecular complexity index is 1780. The van der Waals surface area contributed by atoms with E-state index < -0.39 is 22.0 Å². The minimum atomic E-state index is -1.88. The van der Waals surface area contributed by atoms with Crippen molar-refractivity contribution in [1.82, 2.24) is 34.7 Å². The molecule has 0 amide bonds. The van der Waals surface area contributed by atoms with Gasteiger partial charge in [0.05, 0.1) is 11.3 Å². The maximum atomic E-state index is 15.3. The Labute approximate surface area is 273 Å². The Morgan fingerprint density at radius 3 is 2.40 bits per heavy atom. The molecule has 0 aliphatic rings. The molecule has 1 atom stereocenters. The predicted molar refractivity (Wildman–Crippen MR) is 156 cm³/mol. The van der Waals surface area contributed by atoms with Crippen molar-refractivity contribution in [3.05, 3.63) is 102 Å². The van der Waals surface area contributed by atoms with Crippen LogP contribution in [-0.2, 0) is 23.5 Å². The molecule has 3 aromatic heterocycles. The van der Waals surface area contributed by atoms with Gasteiger partial charge in [0, 0.05) is 23.7 Å². The van der Waals surface area contributed by atoms with Crippen molar-refractivity contribution in [2.75, 3.05) is 0 Å². The van der Waals surface area contributed by atoms with Gasteiger partial charge in [-0.1, -0.05) is 17.8 Å². The van der Waals surface area contributed by atoms with E-state index in [2.05, 4.69) is 25.4 Å². The predicted octanol–water partition coefficient (Wildman–Crippen LogP) is 0.873. The van der Waals surface area contributed by atoms with Crippen LogP contribution in [0.5, 0.6) is 5.75 Å². The van der Waals surface area contributed by atoms with Crippen LogP contribution in [-0.4, -0.2) is 50.6 Å². The fraction of sp³-hybridized carbons (Fsp3) is 0.300. The molecule has 45 heavy (non-hydrogen) atoms. The summed E-state index contributed by atoms with van der Waals surface area (Å²) in [5, 5.41) is 29.7. The van der Waals surface area contributed by atoms with Gasteiger partial charge in [0.25, 0.3) is 6.33 Å². The van der Waals surface area contributed by atoms with Crippen molar-refractivity contribution in [3.63, 3.8) is 0 Å². The van der Waals surface area contributed by atoms with Gasteiger partial charge in [-0.2, -0.15) is 5.10 Å². The molecule has 15 heteroatoms. The lowest BCUT2D eigenvalue weighted by Gasteiger charge is -2.40. The number of ether oxygens (including phenoxy) is 1. The second-order valence-corrected chi connectivity index (χ2v) is 12.6. The number of halogens is 3. The number of carbonyl (C=O) groups excluding carboxylic acids is 1. The van der Waals surface area contributed by atoms with Crippen molar-refractivity contribution in [2.45, 2.75) is 63.1 Å². The van der Waals surface area contributed by atoms with Crippen LogP contribution < -0.4 is 26.3 Å². The van der Waals surface area contributed by atoms with Gasteiger partial charge in [0.15, 0.2) is 5.82 Å². The van der Waals surface area contributed by atoms with Gasteiger partial charge in [0.1, 0.15) is 47.2 Å². The quantitative estimate of drug-likeness (QED) is 0.0979. The average molecular weight is 702 g/mol. The molecule has 11 nitrogen and oxygen atoms in total. The Balaban J connectivity index is 0.00000461. The first-order valence-corrected chi connectivity index (χ1v) is 14.4. The Kier molecular flexibility index (Phi) is 10.1. The van der Waals surface area contributed by atoms with Crippen LogP contribution in [0, 0.1) is 25.5 Å². The molecular weight excluding hydrogens is 670 g/mol. The highest BCUT2D eigenvalue weighted by molar-refractivity contribution is 8.00. The molecule has 1 N–H and O–H groups in total. The van der Waals surface area contributed by atoms with E-state index in [9.17, 15) is 14.3 Å². The molecule has 0 bridgehead atoms. The van der Waals surface area contributed by atoms with Crippen molar-refractivity contribution >= 4 is 17.7 Å². The third-order valence-corrected chi connectivity index (χ3v) is 8.44. The summed E-state index contributed by atoms with van der Waals surface area (Å²) in [7, 11) is 0. The van der Waals surface area contributed by atoms with Gasteiger partial charge in [-0.05, 0) is 74.7 Å². The normalized spacial score (nSPS) is 12.8. The highest BCUT2D eigenvalue weighted by atomic mass is 79.9. The summed E-state index contributed by atoms with van der Waals surface area (Å²) in [4.78, 5) is 15.4. The average Bonchev–Trinajstić information content (AvgIpc) is 3.63. The molecule has 0 saturated heterocycles. The number of rotatable bonds is 10. The molecule has 5 aromatic rings. The summed E-state index contributed by atoms with van der Waals surface area (Å²) >= 11 is 1.19. The lowest BCUT2D eigenvalue weighted by atomic mass is 9.82. The van der Waals surface area contributed by atoms with Gasteiger partial charge >= 0.3 is 5.97 Å². The molecule has 0 fully saturated rings. The number of hydrogen-bond acceptors (Lipinski definition) is 9. The number of nitrogens with zero attached hydrogens (tertiary/aromatic N) is 8. The van der Waals surface area contributed by atoms with Crippen LogP contribution in [0.2, 0.25) is 0 Å². The van der Waals surface area contributed by atoms with Crippen LogP contribution in [0.4, 0.5) is 8.78 Å². The summed E-state index contributed by atoms with van der Waals surface area (Å²) in [5.74, 6) is -1.03. The monoisotopic (exact) mass is 700 g/mol. The molecular formula is C30H31BrF2N8O3S. The number of esters is 1. The summed E-state index contributed by atoms with van der Waals surface area (Å²) in [5.41, 5.74) is 0.618. The van der Waals surface area contributed by atoms with Gasteiger partial charge in [-0.3, -0.25) is 4.79 Å². The van der Waals surface area contributed by atoms with E-state index in [0.717, 1.165) is 28.8 Å². The number of aliphatic hydroxyl groups is 1. The van der Waals surface area contributed by atoms with Crippen molar-refractivity contribution < 1.29 is 45.0 Å². The zero-order chi connectivity index (χ0) is 31.6. The molecule has 0 aliphatic carbocycles. The van der Waals surface area contributed by atoms with E-state index in [4.69, 9.17) is 4.74 Å². The minimum absolute atomic E-state index is 0. The van der Waals surface area contributed by atoms with Crippen molar-refractivity contribution in [3.8, 4) is 11.6 Å². The highest BCUT2D eigenvalue weighted by Crippen LogP contribution is 2.47. The van der Waals surface area contributed by atoms with E-state index in [1.54, 1.807) is 38.6 Å². The summed E-state index contributed by atoms with van der Waals surface area (Å²) in [6.45, 7) is 8.88. The van der Waals surface area contributed by atoms with E-state index in [0.29, 0.717) is 23.1 Å². The molecule has 236 valence electrons. The molecule has 0 unspecified atom stereocenters. The molecule has 0 radical (unpaired) electrons. The Morgan fingerprint density at radius 1 is 1.07 bits per heavy atom. The smallest absolute Gasteiger partial charge is 0.308 e. The van der Waals surface area contributed by atoms with Crippen molar-refractivity contribution in [1.29, 1.82) is 0 Å². The molecule has 0 aliphatic heterocycles. The third kappa shape index (κ3) is 7.43. The van der Waals surface area contributed by atoms with E-state index >= 15 is 4.39 Å². The fourth-order valence-electron chi connectivity index (χ4n) is 4.99. The van der Waals surface area contributed by atoms with Crippen LogP contribution >= 0.6 is 11.8 Å². The lowest BCUT2D eigenvalue weighted by molar-refractivity contribution is -0.689. The first-order valence-electron chi connectivity index (χ1n) is 13.6.